The van der Waals surface area contributed by atoms with Crippen molar-refractivity contribution in [2.75, 3.05) is 31.5 Å². The zero-order valence-corrected chi connectivity index (χ0v) is 18.1. The number of aromatic nitrogens is 2. The van der Waals surface area contributed by atoms with Gasteiger partial charge in [0, 0.05) is 29.8 Å². The standard InChI is InChI=1S/C23H27N5S/c1-4-28(5-2)16-8-10-18-20(13-16)29-21-14-19(25-12-6-11-24)22-17(23(21)27-18)9-7-15(3)26-22/h7-10,13-14H,4-6,11-12,24H2,1-3H3/p+1. The predicted molar refractivity (Wildman–Crippen MR) is 125 cm³/mol. The summed E-state index contributed by atoms with van der Waals surface area (Å²) >= 11 is 1.79. The first-order chi connectivity index (χ1) is 14.1. The molecule has 1 aliphatic carbocycles. The molecule has 4 rings (SSSR count). The third kappa shape index (κ3) is 3.82. The first-order valence-corrected chi connectivity index (χ1v) is 11.1. The number of anilines is 1. The molecule has 6 heteroatoms. The fourth-order valence-electron chi connectivity index (χ4n) is 3.71. The Morgan fingerprint density at radius 1 is 1.03 bits per heavy atom. The molecule has 1 aromatic heterocycles. The number of benzene rings is 2. The van der Waals surface area contributed by atoms with Crippen molar-refractivity contribution in [2.24, 2.45) is 5.73 Å². The van der Waals surface area contributed by atoms with Crippen molar-refractivity contribution in [3.05, 3.63) is 47.4 Å². The topological polar surface area (TPSA) is 66.8 Å². The lowest BCUT2D eigenvalue weighted by Gasteiger charge is -2.13. The molecule has 2 aliphatic rings. The van der Waals surface area contributed by atoms with Gasteiger partial charge in [-0.3, -0.25) is 4.98 Å². The Kier molecular flexibility index (Phi) is 5.74. The van der Waals surface area contributed by atoms with E-state index in [1.165, 1.54) is 14.9 Å². The highest BCUT2D eigenvalue weighted by Gasteiger charge is 2.15. The molecule has 0 fully saturated rings. The number of pyridine rings is 1. The largest absolute Gasteiger partial charge is 0.383 e. The zero-order valence-electron chi connectivity index (χ0n) is 17.3. The van der Waals surface area contributed by atoms with Crippen LogP contribution in [0, 0.1) is 6.92 Å². The highest BCUT2D eigenvalue weighted by molar-refractivity contribution is 7.21. The fraction of sp³-hybridized carbons (Fsp3) is 0.348. The van der Waals surface area contributed by atoms with Gasteiger partial charge >= 0.3 is 0 Å². The van der Waals surface area contributed by atoms with E-state index in [1.807, 2.05) is 6.92 Å². The Hall–Kier alpha value is -2.57. The summed E-state index contributed by atoms with van der Waals surface area (Å²) in [5.41, 5.74) is 10.8. The van der Waals surface area contributed by atoms with Crippen molar-refractivity contribution < 1.29 is 0 Å². The van der Waals surface area contributed by atoms with Crippen LogP contribution in [0.1, 0.15) is 26.0 Å². The Labute approximate surface area is 175 Å². The van der Waals surface area contributed by atoms with Crippen molar-refractivity contribution >= 4 is 38.1 Å². The number of hydrogen-bond donors (Lipinski definition) is 2. The smallest absolute Gasteiger partial charge is 0.201 e. The molecule has 29 heavy (non-hydrogen) atoms. The number of nitrogens with zero attached hydrogens (tertiary/aromatic N) is 3. The van der Waals surface area contributed by atoms with Crippen LogP contribution >= 0.6 is 11.3 Å². The molecule has 0 amide bonds. The maximum atomic E-state index is 5.68. The van der Waals surface area contributed by atoms with Crippen LogP contribution in [-0.2, 0) is 0 Å². The summed E-state index contributed by atoms with van der Waals surface area (Å²) in [6, 6.07) is 13.0. The maximum absolute atomic E-state index is 5.68. The minimum atomic E-state index is 0.675. The van der Waals surface area contributed by atoms with Crippen LogP contribution in [0.5, 0.6) is 0 Å². The molecule has 1 aliphatic heterocycles. The lowest BCUT2D eigenvalue weighted by Crippen LogP contribution is -2.29. The molecule has 5 nitrogen and oxygen atoms in total. The van der Waals surface area contributed by atoms with Gasteiger partial charge in [0.25, 0.3) is 0 Å². The lowest BCUT2D eigenvalue weighted by molar-refractivity contribution is 0.626. The second kappa shape index (κ2) is 8.43. The molecule has 1 aromatic carbocycles. The Morgan fingerprint density at radius 3 is 2.62 bits per heavy atom. The van der Waals surface area contributed by atoms with Gasteiger partial charge in [-0.15, -0.1) is 11.3 Å². The quantitative estimate of drug-likeness (QED) is 0.221. The van der Waals surface area contributed by atoms with Crippen molar-refractivity contribution in [3.8, 4) is 10.6 Å². The van der Waals surface area contributed by atoms with Crippen LogP contribution < -0.4 is 21.0 Å². The molecular weight excluding hydrogens is 378 g/mol. The van der Waals surface area contributed by atoms with E-state index < -0.39 is 0 Å². The number of nitrogens with one attached hydrogen (secondary N) is 1. The van der Waals surface area contributed by atoms with E-state index in [9.17, 15) is 0 Å². The molecule has 0 atom stereocenters. The summed E-state index contributed by atoms with van der Waals surface area (Å²) < 4.78 is 3.53. The second-order valence-corrected chi connectivity index (χ2v) is 8.31. The average molecular weight is 407 g/mol. The summed E-state index contributed by atoms with van der Waals surface area (Å²) in [4.78, 5) is 11.0. The molecule has 0 saturated carbocycles. The molecule has 0 spiro atoms. The van der Waals surface area contributed by atoms with Gasteiger partial charge in [-0.25, -0.2) is 9.56 Å². The SMILES string of the molecule is CC[N+](CC)=c1ccc2nc3c(cc(NCCCN)c4nc(C)ccc43)sc-2c1. The van der Waals surface area contributed by atoms with Gasteiger partial charge in [-0.05, 0) is 58.0 Å². The van der Waals surface area contributed by atoms with Crippen LogP contribution in [0.4, 0.5) is 5.69 Å². The van der Waals surface area contributed by atoms with Crippen LogP contribution in [0.25, 0.3) is 31.7 Å². The Balaban J connectivity index is 1.98. The zero-order chi connectivity index (χ0) is 20.4. The van der Waals surface area contributed by atoms with Gasteiger partial charge in [0.05, 0.1) is 32.0 Å². The van der Waals surface area contributed by atoms with E-state index in [-0.39, 0.29) is 0 Å². The molecule has 0 radical (unpaired) electrons. The third-order valence-electron chi connectivity index (χ3n) is 5.27. The molecule has 0 unspecified atom stereocenters. The first kappa shape index (κ1) is 19.7. The minimum Gasteiger partial charge on any atom is -0.383 e. The van der Waals surface area contributed by atoms with E-state index in [0.29, 0.717) is 6.54 Å². The second-order valence-electron chi connectivity index (χ2n) is 7.23. The molecular formula is C23H28N5S+. The highest BCUT2D eigenvalue weighted by atomic mass is 32.1. The van der Waals surface area contributed by atoms with E-state index >= 15 is 0 Å². The molecule has 2 heterocycles. The predicted octanol–water partition coefficient (Wildman–Crippen LogP) is 3.83. The van der Waals surface area contributed by atoms with Gasteiger partial charge in [-0.2, -0.15) is 0 Å². The highest BCUT2D eigenvalue weighted by Crippen LogP contribution is 2.36. The Bertz CT molecular complexity index is 1210. The summed E-state index contributed by atoms with van der Waals surface area (Å²) in [6.07, 6.45) is 0.929. The first-order valence-electron chi connectivity index (χ1n) is 10.3. The third-order valence-corrected chi connectivity index (χ3v) is 6.35. The molecule has 0 saturated heterocycles. The van der Waals surface area contributed by atoms with Crippen molar-refractivity contribution in [3.63, 3.8) is 0 Å². The number of rotatable bonds is 6. The van der Waals surface area contributed by atoms with Crippen molar-refractivity contribution in [1.82, 2.24) is 14.5 Å². The van der Waals surface area contributed by atoms with Gasteiger partial charge < -0.3 is 11.1 Å². The minimum absolute atomic E-state index is 0.675. The Morgan fingerprint density at radius 2 is 1.86 bits per heavy atom. The molecule has 0 bridgehead atoms. The summed E-state index contributed by atoms with van der Waals surface area (Å²) in [6.45, 7) is 9.92. The van der Waals surface area contributed by atoms with Gasteiger partial charge in [0.1, 0.15) is 13.1 Å². The van der Waals surface area contributed by atoms with Crippen molar-refractivity contribution in [2.45, 2.75) is 27.2 Å². The summed E-state index contributed by atoms with van der Waals surface area (Å²) in [5, 5.41) is 5.87. The van der Waals surface area contributed by atoms with Gasteiger partial charge in [0.15, 0.2) is 0 Å². The number of nitrogens with two attached hydrogens (primary N) is 1. The number of aryl methyl sites for hydroxylation is 1. The van der Waals surface area contributed by atoms with E-state index in [2.05, 4.69) is 60.1 Å². The van der Waals surface area contributed by atoms with E-state index in [4.69, 9.17) is 15.7 Å². The number of hydrogen-bond acceptors (Lipinski definition) is 5. The average Bonchev–Trinajstić information content (AvgIpc) is 2.73. The van der Waals surface area contributed by atoms with Gasteiger partial charge in [0.2, 0.25) is 5.36 Å². The van der Waals surface area contributed by atoms with Gasteiger partial charge in [-0.1, -0.05) is 0 Å². The fourth-order valence-corrected chi connectivity index (χ4v) is 4.77. The van der Waals surface area contributed by atoms with Crippen LogP contribution in [-0.4, -0.2) is 36.1 Å². The van der Waals surface area contributed by atoms with E-state index in [0.717, 1.165) is 59.5 Å². The maximum Gasteiger partial charge on any atom is 0.201 e. The van der Waals surface area contributed by atoms with Crippen LogP contribution in [0.2, 0.25) is 0 Å². The normalized spacial score (nSPS) is 11.4. The summed E-state index contributed by atoms with van der Waals surface area (Å²) in [5.74, 6) is 0. The lowest BCUT2D eigenvalue weighted by atomic mass is 10.1. The van der Waals surface area contributed by atoms with Crippen LogP contribution in [0.3, 0.4) is 0 Å². The van der Waals surface area contributed by atoms with Crippen LogP contribution in [0.15, 0.2) is 36.4 Å². The molecule has 3 N–H and O–H groups in total. The number of fused-ring (bicyclic) bond motifs is 4. The van der Waals surface area contributed by atoms with Crippen molar-refractivity contribution in [1.29, 1.82) is 0 Å². The monoisotopic (exact) mass is 406 g/mol. The molecule has 2 aromatic rings. The molecule has 150 valence electrons. The van der Waals surface area contributed by atoms with E-state index in [1.54, 1.807) is 11.3 Å². The summed E-state index contributed by atoms with van der Waals surface area (Å²) in [7, 11) is 0.